The van der Waals surface area contributed by atoms with E-state index in [0.717, 1.165) is 0 Å². The van der Waals surface area contributed by atoms with E-state index >= 15 is 0 Å². The number of rotatable bonds is 6. The van der Waals surface area contributed by atoms with E-state index in [1.54, 1.807) is 6.07 Å². The lowest BCUT2D eigenvalue weighted by Gasteiger charge is -2.12. The summed E-state index contributed by atoms with van der Waals surface area (Å²) >= 11 is 0. The van der Waals surface area contributed by atoms with E-state index in [9.17, 15) is 22.4 Å². The van der Waals surface area contributed by atoms with E-state index in [4.69, 9.17) is 0 Å². The minimum Gasteiger partial charge on any atom is -0.288 e. The molecular formula is C14H16F4O. The first-order valence-corrected chi connectivity index (χ1v) is 6.03. The highest BCUT2D eigenvalue weighted by atomic mass is 19.3. The average Bonchev–Trinajstić information content (AvgIpc) is 2.28. The Kier molecular flexibility index (Phi) is 5.51. The van der Waals surface area contributed by atoms with Gasteiger partial charge in [0, 0.05) is 12.0 Å². The van der Waals surface area contributed by atoms with Crippen molar-refractivity contribution in [2.75, 3.05) is 0 Å². The van der Waals surface area contributed by atoms with Crippen molar-refractivity contribution in [3.05, 3.63) is 34.9 Å². The summed E-state index contributed by atoms with van der Waals surface area (Å²) in [5.41, 5.74) is 0.401. The molecule has 0 bridgehead atoms. The Morgan fingerprint density at radius 1 is 1.11 bits per heavy atom. The molecule has 0 fully saturated rings. The van der Waals surface area contributed by atoms with Crippen molar-refractivity contribution in [2.24, 2.45) is 5.92 Å². The molecule has 0 atom stereocenters. The maximum Gasteiger partial charge on any atom is 0.300 e. The zero-order valence-electron chi connectivity index (χ0n) is 10.8. The normalized spacial score (nSPS) is 11.6. The van der Waals surface area contributed by atoms with E-state index in [1.807, 2.05) is 13.8 Å². The van der Waals surface area contributed by atoms with Crippen LogP contribution in [0.15, 0.2) is 18.2 Å². The van der Waals surface area contributed by atoms with Gasteiger partial charge in [0.25, 0.3) is 0 Å². The van der Waals surface area contributed by atoms with Crippen molar-refractivity contribution >= 4 is 5.78 Å². The van der Waals surface area contributed by atoms with E-state index in [0.29, 0.717) is 12.0 Å². The number of carbonyl (C=O) groups excluding carboxylic acids is 1. The molecule has 1 aromatic rings. The molecule has 0 aliphatic rings. The van der Waals surface area contributed by atoms with Crippen LogP contribution in [0, 0.1) is 5.92 Å². The minimum atomic E-state index is -3.18. The Hall–Kier alpha value is -1.39. The third kappa shape index (κ3) is 4.65. The van der Waals surface area contributed by atoms with Crippen LogP contribution in [0.4, 0.5) is 17.6 Å². The van der Waals surface area contributed by atoms with Gasteiger partial charge in [-0.1, -0.05) is 26.0 Å². The lowest BCUT2D eigenvalue weighted by molar-refractivity contribution is 0.0676. The molecule has 0 N–H and O–H groups in total. The summed E-state index contributed by atoms with van der Waals surface area (Å²) in [6, 6.07) is 4.27. The molecule has 0 unspecified atom stereocenters. The van der Waals surface area contributed by atoms with Gasteiger partial charge in [-0.3, -0.25) is 4.79 Å². The molecule has 0 heterocycles. The molecule has 0 aliphatic carbocycles. The summed E-state index contributed by atoms with van der Waals surface area (Å²) in [5, 5.41) is 0. The number of halogens is 4. The number of Topliss-reactive ketones (excluding diaryl/α,β-unsaturated/α-hetero) is 1. The third-order valence-electron chi connectivity index (χ3n) is 2.66. The second-order valence-corrected chi connectivity index (χ2v) is 4.85. The van der Waals surface area contributed by atoms with Crippen LogP contribution >= 0.6 is 0 Å². The highest BCUT2D eigenvalue weighted by Crippen LogP contribution is 2.20. The van der Waals surface area contributed by atoms with Crippen molar-refractivity contribution in [3.8, 4) is 0 Å². The fourth-order valence-corrected chi connectivity index (χ4v) is 1.91. The predicted molar refractivity (Wildman–Crippen MR) is 65.0 cm³/mol. The Balaban J connectivity index is 3.14. The lowest BCUT2D eigenvalue weighted by Crippen LogP contribution is -2.15. The molecule has 0 saturated carbocycles. The molecule has 0 aliphatic heterocycles. The highest BCUT2D eigenvalue weighted by Gasteiger charge is 2.22. The number of hydrogen-bond acceptors (Lipinski definition) is 1. The molecule has 0 amide bonds. The third-order valence-corrected chi connectivity index (χ3v) is 2.66. The van der Waals surface area contributed by atoms with Crippen molar-refractivity contribution in [1.29, 1.82) is 0 Å². The first-order valence-electron chi connectivity index (χ1n) is 6.03. The predicted octanol–water partition coefficient (Wildman–Crippen LogP) is 4.14. The van der Waals surface area contributed by atoms with Crippen LogP contribution in [0.1, 0.15) is 35.3 Å². The topological polar surface area (TPSA) is 17.1 Å². The van der Waals surface area contributed by atoms with E-state index in [-0.39, 0.29) is 17.0 Å². The minimum absolute atomic E-state index is 0.0205. The van der Waals surface area contributed by atoms with Gasteiger partial charge in [-0.25, -0.2) is 17.6 Å². The molecule has 1 aromatic carbocycles. The number of hydrogen-bond donors (Lipinski definition) is 0. The van der Waals surface area contributed by atoms with Crippen LogP contribution in [0.3, 0.4) is 0 Å². The van der Waals surface area contributed by atoms with Crippen LogP contribution in [-0.4, -0.2) is 18.6 Å². The van der Waals surface area contributed by atoms with Crippen molar-refractivity contribution in [3.63, 3.8) is 0 Å². The van der Waals surface area contributed by atoms with Gasteiger partial charge in [-0.2, -0.15) is 0 Å². The maximum absolute atomic E-state index is 12.5. The lowest BCUT2D eigenvalue weighted by atomic mass is 9.94. The van der Waals surface area contributed by atoms with Crippen molar-refractivity contribution in [1.82, 2.24) is 0 Å². The molecule has 5 heteroatoms. The van der Waals surface area contributed by atoms with Gasteiger partial charge in [0.1, 0.15) is 0 Å². The first kappa shape index (κ1) is 15.7. The SMILES string of the molecule is CC(C)Cc1ccc(CC(F)F)c(C(=O)C(F)F)c1. The van der Waals surface area contributed by atoms with Gasteiger partial charge in [-0.05, 0) is 29.5 Å². The first-order chi connectivity index (χ1) is 8.81. The number of alkyl halides is 4. The summed E-state index contributed by atoms with van der Waals surface area (Å²) < 4.78 is 49.7. The Morgan fingerprint density at radius 2 is 1.74 bits per heavy atom. The van der Waals surface area contributed by atoms with Gasteiger partial charge >= 0.3 is 6.43 Å². The van der Waals surface area contributed by atoms with Gasteiger partial charge in [0.2, 0.25) is 12.2 Å². The second kappa shape index (κ2) is 6.68. The van der Waals surface area contributed by atoms with E-state index in [1.165, 1.54) is 12.1 Å². The van der Waals surface area contributed by atoms with Crippen LogP contribution in [0.2, 0.25) is 0 Å². The average molecular weight is 276 g/mol. The van der Waals surface area contributed by atoms with Crippen LogP contribution < -0.4 is 0 Å². The smallest absolute Gasteiger partial charge is 0.288 e. The fourth-order valence-electron chi connectivity index (χ4n) is 1.91. The molecule has 0 saturated heterocycles. The highest BCUT2D eigenvalue weighted by molar-refractivity contribution is 6.00. The maximum atomic E-state index is 12.5. The quantitative estimate of drug-likeness (QED) is 0.563. The zero-order valence-corrected chi connectivity index (χ0v) is 10.8. The van der Waals surface area contributed by atoms with Gasteiger partial charge in [0.05, 0.1) is 0 Å². The Bertz CT molecular complexity index is 441. The zero-order chi connectivity index (χ0) is 14.6. The summed E-state index contributed by atoms with van der Waals surface area (Å²) in [6.45, 7) is 3.89. The summed E-state index contributed by atoms with van der Waals surface area (Å²) in [4.78, 5) is 11.4. The molecule has 0 spiro atoms. The van der Waals surface area contributed by atoms with Crippen LogP contribution in [0.5, 0.6) is 0 Å². The van der Waals surface area contributed by atoms with E-state index < -0.39 is 25.1 Å². The van der Waals surface area contributed by atoms with E-state index in [2.05, 4.69) is 0 Å². The van der Waals surface area contributed by atoms with Gasteiger partial charge in [-0.15, -0.1) is 0 Å². The van der Waals surface area contributed by atoms with Crippen LogP contribution in [0.25, 0.3) is 0 Å². The standard InChI is InChI=1S/C14H16F4O/c1-8(2)5-9-3-4-10(7-12(15)16)11(6-9)13(19)14(17)18/h3-4,6,8,12,14H,5,7H2,1-2H3. The summed E-state index contributed by atoms with van der Waals surface area (Å²) in [6.07, 6.45) is -5.92. The molecule has 1 rings (SSSR count). The Labute approximate surface area is 109 Å². The molecule has 0 aromatic heterocycles. The molecule has 106 valence electrons. The van der Waals surface area contributed by atoms with Gasteiger partial charge in [0.15, 0.2) is 0 Å². The molecule has 19 heavy (non-hydrogen) atoms. The number of ketones is 1. The number of carbonyl (C=O) groups is 1. The summed E-state index contributed by atoms with van der Waals surface area (Å²) in [5.74, 6) is -1.10. The molecule has 0 radical (unpaired) electrons. The summed E-state index contributed by atoms with van der Waals surface area (Å²) in [7, 11) is 0. The largest absolute Gasteiger partial charge is 0.300 e. The van der Waals surface area contributed by atoms with Crippen molar-refractivity contribution in [2.45, 2.75) is 39.5 Å². The monoisotopic (exact) mass is 276 g/mol. The number of benzene rings is 1. The van der Waals surface area contributed by atoms with Crippen LogP contribution in [-0.2, 0) is 12.8 Å². The fraction of sp³-hybridized carbons (Fsp3) is 0.500. The Morgan fingerprint density at radius 3 is 2.21 bits per heavy atom. The second-order valence-electron chi connectivity index (χ2n) is 4.85. The van der Waals surface area contributed by atoms with Gasteiger partial charge < -0.3 is 0 Å². The van der Waals surface area contributed by atoms with Crippen molar-refractivity contribution < 1.29 is 22.4 Å². The molecular weight excluding hydrogens is 260 g/mol. The molecule has 1 nitrogen and oxygen atoms in total.